The second-order valence-corrected chi connectivity index (χ2v) is 6.18. The Balaban J connectivity index is 1.87. The van der Waals surface area contributed by atoms with Crippen molar-refractivity contribution in [1.29, 1.82) is 0 Å². The molecule has 0 aliphatic carbocycles. The molecule has 0 aliphatic heterocycles. The van der Waals surface area contributed by atoms with E-state index in [0.29, 0.717) is 21.8 Å². The number of carbonyl (C=O) groups excluding carboxylic acids is 2. The zero-order valence-electron chi connectivity index (χ0n) is 14.9. The van der Waals surface area contributed by atoms with Crippen LogP contribution in [-0.2, 0) is 9.59 Å². The monoisotopic (exact) mass is 375 g/mol. The Hall–Kier alpha value is -3.33. The Morgan fingerprint density at radius 3 is 2.22 bits per heavy atom. The van der Waals surface area contributed by atoms with Crippen molar-refractivity contribution in [1.82, 2.24) is 0 Å². The van der Waals surface area contributed by atoms with Gasteiger partial charge in [0.15, 0.2) is 13.1 Å². The van der Waals surface area contributed by atoms with E-state index >= 15 is 0 Å². The molecule has 0 fully saturated rings. The molecule has 1 unspecified atom stereocenters. The van der Waals surface area contributed by atoms with Crippen molar-refractivity contribution < 1.29 is 23.8 Å². The lowest BCUT2D eigenvalue weighted by atomic mass is 10.2. The molecule has 0 aliphatic rings. The Labute approximate surface area is 155 Å². The maximum atomic E-state index is 13.1. The number of likely N-dealkylation sites (N-methyl/N-ethyl adjacent to an activating group) is 1. The van der Waals surface area contributed by atoms with Crippen LogP contribution < -0.4 is 15.5 Å². The van der Waals surface area contributed by atoms with E-state index in [1.54, 1.807) is 32.2 Å². The second-order valence-electron chi connectivity index (χ2n) is 6.18. The molecule has 0 spiro atoms. The third-order valence-electron chi connectivity index (χ3n) is 3.72. The van der Waals surface area contributed by atoms with E-state index in [0.717, 1.165) is 0 Å². The summed E-state index contributed by atoms with van der Waals surface area (Å²) in [5, 5.41) is 16.1. The summed E-state index contributed by atoms with van der Waals surface area (Å²) in [7, 11) is 1.66. The third kappa shape index (κ3) is 6.15. The van der Waals surface area contributed by atoms with Gasteiger partial charge in [0.2, 0.25) is 0 Å². The number of carbonyl (C=O) groups is 2. The molecule has 9 heteroatoms. The van der Waals surface area contributed by atoms with Gasteiger partial charge in [0.1, 0.15) is 5.82 Å². The molecule has 0 heterocycles. The molecule has 27 heavy (non-hydrogen) atoms. The van der Waals surface area contributed by atoms with Gasteiger partial charge in [-0.15, -0.1) is 0 Å². The highest BCUT2D eigenvalue weighted by molar-refractivity contribution is 5.93. The second kappa shape index (κ2) is 8.86. The lowest BCUT2D eigenvalue weighted by Gasteiger charge is -2.14. The van der Waals surface area contributed by atoms with Crippen molar-refractivity contribution in [2.75, 3.05) is 30.8 Å². The van der Waals surface area contributed by atoms with Crippen molar-refractivity contribution in [3.63, 3.8) is 0 Å². The van der Waals surface area contributed by atoms with Crippen LogP contribution in [0.2, 0.25) is 0 Å². The summed E-state index contributed by atoms with van der Waals surface area (Å²) in [5.74, 6) is -1.21. The number of nitro benzene ring substituents is 1. The molecule has 0 saturated carbocycles. The number of nitrogens with one attached hydrogen (secondary N) is 3. The molecule has 2 rings (SSSR count). The summed E-state index contributed by atoms with van der Waals surface area (Å²) in [6.07, 6.45) is 0. The highest BCUT2D eigenvalue weighted by Gasteiger charge is 2.16. The fraction of sp³-hybridized carbons (Fsp3) is 0.222. The summed E-state index contributed by atoms with van der Waals surface area (Å²) in [4.78, 5) is 35.1. The van der Waals surface area contributed by atoms with Crippen LogP contribution in [0.3, 0.4) is 0 Å². The molecule has 0 bridgehead atoms. The van der Waals surface area contributed by atoms with E-state index in [9.17, 15) is 24.1 Å². The lowest BCUT2D eigenvalue weighted by Crippen LogP contribution is -3.11. The van der Waals surface area contributed by atoms with Crippen LogP contribution in [0.25, 0.3) is 0 Å². The molecule has 0 radical (unpaired) electrons. The number of aryl methyl sites for hydroxylation is 1. The van der Waals surface area contributed by atoms with Gasteiger partial charge in [-0.3, -0.25) is 19.7 Å². The number of halogens is 1. The topological polar surface area (TPSA) is 106 Å². The SMILES string of the molecule is Cc1ccc(NC(=O)C[NH+](C)CC(=O)Nc2cccc(F)c2)cc1[N+](=O)[O-]. The molecular formula is C18H20FN4O4+. The van der Waals surface area contributed by atoms with Crippen molar-refractivity contribution in [3.05, 3.63) is 64.0 Å². The van der Waals surface area contributed by atoms with E-state index in [-0.39, 0.29) is 30.6 Å². The first-order valence-electron chi connectivity index (χ1n) is 8.16. The molecular weight excluding hydrogens is 355 g/mol. The fourth-order valence-corrected chi connectivity index (χ4v) is 2.47. The normalized spacial score (nSPS) is 11.5. The Morgan fingerprint density at radius 1 is 1.07 bits per heavy atom. The van der Waals surface area contributed by atoms with Crippen LogP contribution in [0.15, 0.2) is 42.5 Å². The van der Waals surface area contributed by atoms with Gasteiger partial charge in [-0.25, -0.2) is 4.39 Å². The van der Waals surface area contributed by atoms with Crippen LogP contribution in [0, 0.1) is 22.9 Å². The maximum Gasteiger partial charge on any atom is 0.279 e. The first kappa shape index (κ1) is 20.0. The predicted molar refractivity (Wildman–Crippen MR) is 98.1 cm³/mol. The average Bonchev–Trinajstić information content (AvgIpc) is 2.55. The van der Waals surface area contributed by atoms with Crippen molar-refractivity contribution in [2.24, 2.45) is 0 Å². The molecule has 2 amide bonds. The number of nitrogens with zero attached hydrogens (tertiary/aromatic N) is 1. The number of rotatable bonds is 7. The Bertz CT molecular complexity index is 872. The van der Waals surface area contributed by atoms with E-state index < -0.39 is 10.7 Å². The molecule has 2 aromatic carbocycles. The van der Waals surface area contributed by atoms with Crippen molar-refractivity contribution >= 4 is 28.9 Å². The number of quaternary nitrogens is 1. The van der Waals surface area contributed by atoms with Gasteiger partial charge in [0, 0.05) is 23.0 Å². The first-order valence-corrected chi connectivity index (χ1v) is 8.16. The van der Waals surface area contributed by atoms with Crippen LogP contribution in [0.4, 0.5) is 21.5 Å². The minimum absolute atomic E-state index is 0.00201. The zero-order valence-corrected chi connectivity index (χ0v) is 14.9. The number of nitro groups is 1. The summed E-state index contributed by atoms with van der Waals surface area (Å²) in [5.41, 5.74) is 1.07. The minimum Gasteiger partial charge on any atom is -0.322 e. The summed E-state index contributed by atoms with van der Waals surface area (Å²) >= 11 is 0. The quantitative estimate of drug-likeness (QED) is 0.498. The van der Waals surface area contributed by atoms with Gasteiger partial charge in [-0.05, 0) is 31.2 Å². The van der Waals surface area contributed by atoms with Crippen molar-refractivity contribution in [2.45, 2.75) is 6.92 Å². The molecule has 0 aromatic heterocycles. The average molecular weight is 375 g/mol. The Morgan fingerprint density at radius 2 is 1.67 bits per heavy atom. The number of benzene rings is 2. The Kier molecular flexibility index (Phi) is 6.56. The molecule has 0 saturated heterocycles. The molecule has 8 nitrogen and oxygen atoms in total. The fourth-order valence-electron chi connectivity index (χ4n) is 2.47. The molecule has 2 aromatic rings. The highest BCUT2D eigenvalue weighted by atomic mass is 19.1. The smallest absolute Gasteiger partial charge is 0.279 e. The summed E-state index contributed by atoms with van der Waals surface area (Å²) in [6.45, 7) is 1.59. The van der Waals surface area contributed by atoms with Crippen molar-refractivity contribution in [3.8, 4) is 0 Å². The third-order valence-corrected chi connectivity index (χ3v) is 3.72. The largest absolute Gasteiger partial charge is 0.322 e. The summed E-state index contributed by atoms with van der Waals surface area (Å²) < 4.78 is 13.1. The lowest BCUT2D eigenvalue weighted by molar-refractivity contribution is -0.862. The van der Waals surface area contributed by atoms with E-state index in [1.807, 2.05) is 0 Å². The van der Waals surface area contributed by atoms with Crippen LogP contribution in [0.1, 0.15) is 5.56 Å². The predicted octanol–water partition coefficient (Wildman–Crippen LogP) is 1.13. The van der Waals surface area contributed by atoms with Crippen LogP contribution in [0.5, 0.6) is 0 Å². The number of hydrogen-bond donors (Lipinski definition) is 3. The van der Waals surface area contributed by atoms with Crippen LogP contribution in [-0.4, -0.2) is 36.9 Å². The van der Waals surface area contributed by atoms with E-state index in [1.165, 1.54) is 24.3 Å². The van der Waals surface area contributed by atoms with Crippen LogP contribution >= 0.6 is 0 Å². The standard InChI is InChI=1S/C18H19FN4O4/c1-12-6-7-15(9-16(12)23(26)27)21-18(25)11-22(2)10-17(24)20-14-5-3-4-13(19)8-14/h3-9H,10-11H2,1-2H3,(H,20,24)(H,21,25)/p+1. The van der Waals surface area contributed by atoms with Gasteiger partial charge in [0.25, 0.3) is 17.5 Å². The summed E-state index contributed by atoms with van der Waals surface area (Å²) in [6, 6.07) is 9.93. The van der Waals surface area contributed by atoms with Gasteiger partial charge in [0.05, 0.1) is 12.0 Å². The number of hydrogen-bond acceptors (Lipinski definition) is 4. The molecule has 142 valence electrons. The van der Waals surface area contributed by atoms with Gasteiger partial charge in [-0.2, -0.15) is 0 Å². The van der Waals surface area contributed by atoms with E-state index in [4.69, 9.17) is 0 Å². The van der Waals surface area contributed by atoms with Gasteiger partial charge >= 0.3 is 0 Å². The van der Waals surface area contributed by atoms with Gasteiger partial charge < -0.3 is 15.5 Å². The number of anilines is 2. The zero-order chi connectivity index (χ0) is 20.0. The van der Waals surface area contributed by atoms with E-state index in [2.05, 4.69) is 10.6 Å². The molecule has 1 atom stereocenters. The van der Waals surface area contributed by atoms with Gasteiger partial charge in [-0.1, -0.05) is 12.1 Å². The number of amides is 2. The maximum absolute atomic E-state index is 13.1. The molecule has 3 N–H and O–H groups in total. The minimum atomic E-state index is -0.515. The highest BCUT2D eigenvalue weighted by Crippen LogP contribution is 2.22. The first-order chi connectivity index (χ1) is 12.7.